The maximum absolute atomic E-state index is 12.4. The van der Waals surface area contributed by atoms with Crippen molar-refractivity contribution < 1.29 is 9.53 Å². The molecule has 5 heteroatoms. The number of rotatable bonds is 8. The average molecular weight is 343 g/mol. The molecule has 23 heavy (non-hydrogen) atoms. The molecule has 0 heterocycles. The zero-order chi connectivity index (χ0) is 16.7. The third kappa shape index (κ3) is 6.80. The second-order valence-corrected chi connectivity index (χ2v) is 6.36. The van der Waals surface area contributed by atoms with E-state index < -0.39 is 0 Å². The number of para-hydroxylation sites is 1. The minimum atomic E-state index is 0. The van der Waals surface area contributed by atoms with Gasteiger partial charge in [0.25, 0.3) is 0 Å². The Kier molecular flexibility index (Phi) is 9.93. The van der Waals surface area contributed by atoms with Gasteiger partial charge in [-0.15, -0.1) is 12.4 Å². The Morgan fingerprint density at radius 2 is 1.87 bits per heavy atom. The number of methoxy groups -OCH3 is 1. The number of carbonyl (C=O) groups excluding carboxylic acids is 1. The maximum atomic E-state index is 12.4. The van der Waals surface area contributed by atoms with Gasteiger partial charge in [-0.3, -0.25) is 4.79 Å². The highest BCUT2D eigenvalue weighted by Crippen LogP contribution is 2.28. The Hall–Kier alpha value is -1.26. The van der Waals surface area contributed by atoms with Gasteiger partial charge in [0.05, 0.1) is 7.11 Å². The fourth-order valence-corrected chi connectivity index (χ4v) is 2.40. The van der Waals surface area contributed by atoms with Crippen molar-refractivity contribution in [3.05, 3.63) is 29.8 Å². The van der Waals surface area contributed by atoms with E-state index >= 15 is 0 Å². The fourth-order valence-electron chi connectivity index (χ4n) is 2.40. The lowest BCUT2D eigenvalue weighted by atomic mass is 9.96. The first-order valence-electron chi connectivity index (χ1n) is 7.99. The molecule has 0 spiro atoms. The second-order valence-electron chi connectivity index (χ2n) is 6.36. The van der Waals surface area contributed by atoms with Crippen molar-refractivity contribution in [2.45, 2.75) is 45.6 Å². The molecule has 0 saturated carbocycles. The van der Waals surface area contributed by atoms with E-state index in [9.17, 15) is 4.79 Å². The van der Waals surface area contributed by atoms with E-state index in [0.717, 1.165) is 17.7 Å². The molecular weight excluding hydrogens is 312 g/mol. The van der Waals surface area contributed by atoms with E-state index in [-0.39, 0.29) is 30.3 Å². The van der Waals surface area contributed by atoms with E-state index in [2.05, 4.69) is 20.8 Å². The van der Waals surface area contributed by atoms with Crippen LogP contribution in [-0.4, -0.2) is 37.6 Å². The second kappa shape index (κ2) is 10.5. The Labute approximate surface area is 146 Å². The average Bonchev–Trinajstić information content (AvgIpc) is 2.51. The first-order valence-corrected chi connectivity index (χ1v) is 7.99. The summed E-state index contributed by atoms with van der Waals surface area (Å²) < 4.78 is 5.37. The lowest BCUT2D eigenvalue weighted by Crippen LogP contribution is -2.35. The van der Waals surface area contributed by atoms with Crippen LogP contribution in [0.15, 0.2) is 24.3 Å². The standard InChI is InChI=1S/C18H30N2O2.ClH/c1-13(2)16(19)10-11-20(4)18(21)12-14(3)15-8-6-7-9-17(15)22-5;/h6-9,13-14,16H,10-12,19H2,1-5H3;1H. The van der Waals surface area contributed by atoms with Gasteiger partial charge in [0.2, 0.25) is 5.91 Å². The monoisotopic (exact) mass is 342 g/mol. The van der Waals surface area contributed by atoms with Crippen LogP contribution >= 0.6 is 12.4 Å². The lowest BCUT2D eigenvalue weighted by Gasteiger charge is -2.23. The summed E-state index contributed by atoms with van der Waals surface area (Å²) in [6, 6.07) is 8.01. The van der Waals surface area contributed by atoms with Gasteiger partial charge in [0, 0.05) is 26.1 Å². The predicted octanol–water partition coefficient (Wildman–Crippen LogP) is 3.44. The molecule has 132 valence electrons. The highest BCUT2D eigenvalue weighted by Gasteiger charge is 2.18. The summed E-state index contributed by atoms with van der Waals surface area (Å²) in [4.78, 5) is 14.1. The molecule has 0 radical (unpaired) electrons. The van der Waals surface area contributed by atoms with Crippen molar-refractivity contribution in [3.8, 4) is 5.75 Å². The van der Waals surface area contributed by atoms with Crippen LogP contribution in [0.2, 0.25) is 0 Å². The molecule has 0 saturated heterocycles. The Morgan fingerprint density at radius 1 is 1.26 bits per heavy atom. The number of amides is 1. The third-order valence-corrected chi connectivity index (χ3v) is 4.23. The van der Waals surface area contributed by atoms with Crippen LogP contribution in [0.5, 0.6) is 5.75 Å². The number of hydrogen-bond acceptors (Lipinski definition) is 3. The SMILES string of the molecule is COc1ccccc1C(C)CC(=O)N(C)CCC(N)C(C)C.Cl. The molecular formula is C18H31ClN2O2. The smallest absolute Gasteiger partial charge is 0.222 e. The zero-order valence-corrected chi connectivity index (χ0v) is 15.7. The Bertz CT molecular complexity index is 480. The number of nitrogens with two attached hydrogens (primary N) is 1. The summed E-state index contributed by atoms with van der Waals surface area (Å²) in [6.45, 7) is 6.98. The summed E-state index contributed by atoms with van der Waals surface area (Å²) in [7, 11) is 3.51. The molecule has 1 aromatic rings. The zero-order valence-electron chi connectivity index (χ0n) is 14.9. The summed E-state index contributed by atoms with van der Waals surface area (Å²) in [5, 5.41) is 0. The summed E-state index contributed by atoms with van der Waals surface area (Å²) >= 11 is 0. The molecule has 1 amide bonds. The van der Waals surface area contributed by atoms with Gasteiger partial charge < -0.3 is 15.4 Å². The van der Waals surface area contributed by atoms with E-state index in [1.807, 2.05) is 31.3 Å². The van der Waals surface area contributed by atoms with Gasteiger partial charge >= 0.3 is 0 Å². The van der Waals surface area contributed by atoms with E-state index in [4.69, 9.17) is 10.5 Å². The molecule has 2 N–H and O–H groups in total. The number of halogens is 1. The highest BCUT2D eigenvalue weighted by molar-refractivity contribution is 5.85. The van der Waals surface area contributed by atoms with Gasteiger partial charge in [-0.25, -0.2) is 0 Å². The van der Waals surface area contributed by atoms with Crippen LogP contribution in [0.3, 0.4) is 0 Å². The molecule has 2 unspecified atom stereocenters. The molecule has 0 aliphatic heterocycles. The van der Waals surface area contributed by atoms with Crippen molar-refractivity contribution >= 4 is 18.3 Å². The molecule has 0 aliphatic rings. The number of nitrogens with zero attached hydrogens (tertiary/aromatic N) is 1. The van der Waals surface area contributed by atoms with Crippen LogP contribution in [0.4, 0.5) is 0 Å². The van der Waals surface area contributed by atoms with Gasteiger partial charge in [-0.1, -0.05) is 39.0 Å². The van der Waals surface area contributed by atoms with Crippen LogP contribution in [0.1, 0.15) is 45.1 Å². The summed E-state index contributed by atoms with van der Waals surface area (Å²) in [5.74, 6) is 1.56. The molecule has 0 aromatic heterocycles. The Balaban J connectivity index is 0.00000484. The van der Waals surface area contributed by atoms with E-state index in [1.165, 1.54) is 0 Å². The molecule has 0 aliphatic carbocycles. The summed E-state index contributed by atoms with van der Waals surface area (Å²) in [6.07, 6.45) is 1.32. The topological polar surface area (TPSA) is 55.6 Å². The van der Waals surface area contributed by atoms with Gasteiger partial charge in [-0.05, 0) is 29.9 Å². The van der Waals surface area contributed by atoms with Crippen LogP contribution in [0.25, 0.3) is 0 Å². The van der Waals surface area contributed by atoms with Crippen molar-refractivity contribution in [1.29, 1.82) is 0 Å². The van der Waals surface area contributed by atoms with Crippen LogP contribution < -0.4 is 10.5 Å². The normalized spacial score (nSPS) is 13.2. The lowest BCUT2D eigenvalue weighted by molar-refractivity contribution is -0.130. The van der Waals surface area contributed by atoms with Gasteiger partial charge in [-0.2, -0.15) is 0 Å². The summed E-state index contributed by atoms with van der Waals surface area (Å²) in [5.41, 5.74) is 7.12. The Morgan fingerprint density at radius 3 is 2.43 bits per heavy atom. The number of ether oxygens (including phenoxy) is 1. The molecule has 1 rings (SSSR count). The number of carbonyl (C=O) groups is 1. The van der Waals surface area contributed by atoms with Crippen molar-refractivity contribution in [3.63, 3.8) is 0 Å². The minimum Gasteiger partial charge on any atom is -0.496 e. The highest BCUT2D eigenvalue weighted by atomic mass is 35.5. The van der Waals surface area contributed by atoms with E-state index in [1.54, 1.807) is 12.0 Å². The number of hydrogen-bond donors (Lipinski definition) is 1. The number of benzene rings is 1. The van der Waals surface area contributed by atoms with Gasteiger partial charge in [0.1, 0.15) is 5.75 Å². The van der Waals surface area contributed by atoms with Gasteiger partial charge in [0.15, 0.2) is 0 Å². The molecule has 0 bridgehead atoms. The minimum absolute atomic E-state index is 0. The molecule has 4 nitrogen and oxygen atoms in total. The first kappa shape index (κ1) is 21.7. The van der Waals surface area contributed by atoms with Crippen molar-refractivity contribution in [1.82, 2.24) is 4.90 Å². The quantitative estimate of drug-likeness (QED) is 0.787. The maximum Gasteiger partial charge on any atom is 0.222 e. The van der Waals surface area contributed by atoms with E-state index in [0.29, 0.717) is 18.9 Å². The fraction of sp³-hybridized carbons (Fsp3) is 0.611. The van der Waals surface area contributed by atoms with Crippen LogP contribution in [0, 0.1) is 5.92 Å². The van der Waals surface area contributed by atoms with Crippen molar-refractivity contribution in [2.24, 2.45) is 11.7 Å². The molecule has 2 atom stereocenters. The largest absolute Gasteiger partial charge is 0.496 e. The first-order chi connectivity index (χ1) is 10.4. The van der Waals surface area contributed by atoms with Crippen molar-refractivity contribution in [2.75, 3.05) is 20.7 Å². The third-order valence-electron chi connectivity index (χ3n) is 4.23. The predicted molar refractivity (Wildman–Crippen MR) is 98.3 cm³/mol. The molecule has 0 fully saturated rings. The van der Waals surface area contributed by atoms with Crippen LogP contribution in [-0.2, 0) is 4.79 Å². The molecule has 1 aromatic carbocycles.